The molecule has 0 aromatic heterocycles. The van der Waals surface area contributed by atoms with Gasteiger partial charge in [0, 0.05) is 28.5 Å². The zero-order chi connectivity index (χ0) is 19.9. The minimum absolute atomic E-state index is 0.00679. The molecule has 0 aliphatic heterocycles. The van der Waals surface area contributed by atoms with Gasteiger partial charge in [-0.05, 0) is 61.9 Å². The maximum Gasteiger partial charge on any atom is 0.286 e. The Balaban J connectivity index is 1.65. The summed E-state index contributed by atoms with van der Waals surface area (Å²) in [6, 6.07) is 14.7. The van der Waals surface area contributed by atoms with E-state index in [1.807, 2.05) is 36.4 Å². The molecule has 0 atom stereocenters. The number of benzene rings is 2. The highest BCUT2D eigenvalue weighted by Gasteiger charge is 2.24. The van der Waals surface area contributed by atoms with Crippen LogP contribution in [0.3, 0.4) is 0 Å². The second kappa shape index (κ2) is 9.40. The number of amides is 1. The van der Waals surface area contributed by atoms with Gasteiger partial charge in [-0.15, -0.1) is 0 Å². The molecule has 7 heteroatoms. The van der Waals surface area contributed by atoms with Crippen LogP contribution in [0, 0.1) is 27.9 Å². The SMILES string of the molecule is NC(=O)C1CCC(NSc2ccc(C#Cc3ccccc3)c([N+](=O)[O-])c2)CC1. The van der Waals surface area contributed by atoms with Crippen LogP contribution in [0.15, 0.2) is 53.4 Å². The summed E-state index contributed by atoms with van der Waals surface area (Å²) < 4.78 is 3.35. The Morgan fingerprint density at radius 2 is 1.82 bits per heavy atom. The van der Waals surface area contributed by atoms with Crippen molar-refractivity contribution in [1.82, 2.24) is 4.72 Å². The summed E-state index contributed by atoms with van der Waals surface area (Å²) in [5, 5.41) is 11.5. The number of carbonyl (C=O) groups is 1. The Morgan fingerprint density at radius 1 is 1.11 bits per heavy atom. The molecule has 1 saturated carbocycles. The average molecular weight is 395 g/mol. The zero-order valence-corrected chi connectivity index (χ0v) is 16.1. The largest absolute Gasteiger partial charge is 0.369 e. The van der Waals surface area contributed by atoms with E-state index in [1.165, 1.54) is 11.9 Å². The van der Waals surface area contributed by atoms with Crippen LogP contribution in [0.25, 0.3) is 0 Å². The van der Waals surface area contributed by atoms with Gasteiger partial charge in [0.25, 0.3) is 5.69 Å². The van der Waals surface area contributed by atoms with E-state index in [9.17, 15) is 14.9 Å². The van der Waals surface area contributed by atoms with Crippen LogP contribution >= 0.6 is 11.9 Å². The third kappa shape index (κ3) is 5.35. The fourth-order valence-corrected chi connectivity index (χ4v) is 3.98. The molecule has 2 aromatic carbocycles. The lowest BCUT2D eigenvalue weighted by molar-refractivity contribution is -0.385. The Labute approximate surface area is 168 Å². The minimum Gasteiger partial charge on any atom is -0.369 e. The summed E-state index contributed by atoms with van der Waals surface area (Å²) in [6.45, 7) is 0. The normalized spacial score (nSPS) is 18.7. The number of primary amides is 1. The molecule has 1 aliphatic carbocycles. The van der Waals surface area contributed by atoms with E-state index in [1.54, 1.807) is 12.1 Å². The quantitative estimate of drug-likeness (QED) is 0.349. The number of hydrogen-bond donors (Lipinski definition) is 2. The number of rotatable bonds is 5. The predicted molar refractivity (Wildman–Crippen MR) is 109 cm³/mol. The van der Waals surface area contributed by atoms with E-state index in [4.69, 9.17) is 5.73 Å². The molecule has 0 spiro atoms. The number of nitrogens with two attached hydrogens (primary N) is 1. The molecule has 0 heterocycles. The molecular weight excluding hydrogens is 374 g/mol. The lowest BCUT2D eigenvalue weighted by Crippen LogP contribution is -2.33. The molecule has 0 unspecified atom stereocenters. The Bertz CT molecular complexity index is 913. The number of nitro groups is 1. The van der Waals surface area contributed by atoms with Gasteiger partial charge in [-0.2, -0.15) is 0 Å². The van der Waals surface area contributed by atoms with Crippen LogP contribution in [0.5, 0.6) is 0 Å². The van der Waals surface area contributed by atoms with Gasteiger partial charge < -0.3 is 5.73 Å². The second-order valence-corrected chi connectivity index (χ2v) is 7.63. The Hall–Kier alpha value is -2.82. The molecule has 6 nitrogen and oxygen atoms in total. The fraction of sp³-hybridized carbons (Fsp3) is 0.286. The van der Waals surface area contributed by atoms with Crippen LogP contribution in [0.4, 0.5) is 5.69 Å². The van der Waals surface area contributed by atoms with E-state index in [0.29, 0.717) is 5.56 Å². The maximum absolute atomic E-state index is 11.5. The van der Waals surface area contributed by atoms with Crippen LogP contribution in [0.1, 0.15) is 36.8 Å². The molecule has 2 aromatic rings. The average Bonchev–Trinajstić information content (AvgIpc) is 2.72. The van der Waals surface area contributed by atoms with Crippen molar-refractivity contribution in [3.63, 3.8) is 0 Å². The molecular formula is C21H21N3O3S. The minimum atomic E-state index is -0.406. The van der Waals surface area contributed by atoms with E-state index in [0.717, 1.165) is 36.1 Å². The molecule has 0 saturated heterocycles. The molecule has 3 rings (SSSR count). The number of carbonyl (C=O) groups excluding carboxylic acids is 1. The summed E-state index contributed by atoms with van der Waals surface area (Å²) in [5.74, 6) is 5.59. The predicted octanol–water partition coefficient (Wildman–Crippen LogP) is 3.64. The van der Waals surface area contributed by atoms with Crippen molar-refractivity contribution in [1.29, 1.82) is 0 Å². The highest BCUT2D eigenvalue weighted by atomic mass is 32.2. The van der Waals surface area contributed by atoms with Crippen molar-refractivity contribution in [2.75, 3.05) is 0 Å². The molecule has 144 valence electrons. The summed E-state index contributed by atoms with van der Waals surface area (Å²) in [4.78, 5) is 23.0. The lowest BCUT2D eigenvalue weighted by Gasteiger charge is -2.26. The molecule has 0 bridgehead atoms. The maximum atomic E-state index is 11.5. The van der Waals surface area contributed by atoms with Crippen LogP contribution in [0.2, 0.25) is 0 Å². The Kier molecular flexibility index (Phi) is 6.69. The van der Waals surface area contributed by atoms with Gasteiger partial charge in [0.1, 0.15) is 5.56 Å². The van der Waals surface area contributed by atoms with Crippen LogP contribution < -0.4 is 10.5 Å². The standard InChI is InChI=1S/C21H21N3O3S/c22-21(25)17-8-11-18(12-9-17)23-28-19-13-10-16(20(14-19)24(26)27)7-6-15-4-2-1-3-5-15/h1-5,10,13-14,17-18,23H,8-9,11-12H2,(H2,22,25). The van der Waals surface area contributed by atoms with Gasteiger partial charge in [-0.3, -0.25) is 19.6 Å². The van der Waals surface area contributed by atoms with E-state index in [-0.39, 0.29) is 23.6 Å². The highest BCUT2D eigenvalue weighted by molar-refractivity contribution is 7.97. The molecule has 28 heavy (non-hydrogen) atoms. The number of nitro benzene ring substituents is 1. The monoisotopic (exact) mass is 395 g/mol. The van der Waals surface area contributed by atoms with Crippen LogP contribution in [-0.2, 0) is 4.79 Å². The molecule has 0 radical (unpaired) electrons. The van der Waals surface area contributed by atoms with E-state index >= 15 is 0 Å². The van der Waals surface area contributed by atoms with Gasteiger partial charge in [-0.25, -0.2) is 0 Å². The highest BCUT2D eigenvalue weighted by Crippen LogP contribution is 2.29. The Morgan fingerprint density at radius 3 is 2.46 bits per heavy atom. The third-order valence-corrected chi connectivity index (χ3v) is 5.70. The van der Waals surface area contributed by atoms with Crippen molar-refractivity contribution in [3.8, 4) is 11.8 Å². The first-order valence-electron chi connectivity index (χ1n) is 9.10. The van der Waals surface area contributed by atoms with Gasteiger partial charge in [-0.1, -0.05) is 30.0 Å². The van der Waals surface area contributed by atoms with E-state index < -0.39 is 4.92 Å². The van der Waals surface area contributed by atoms with E-state index in [2.05, 4.69) is 16.6 Å². The van der Waals surface area contributed by atoms with Gasteiger partial charge >= 0.3 is 0 Å². The van der Waals surface area contributed by atoms with Gasteiger partial charge in [0.2, 0.25) is 5.91 Å². The molecule has 3 N–H and O–H groups in total. The zero-order valence-electron chi connectivity index (χ0n) is 15.3. The fourth-order valence-electron chi connectivity index (χ4n) is 3.14. The molecule has 1 amide bonds. The van der Waals surface area contributed by atoms with Crippen molar-refractivity contribution in [3.05, 3.63) is 69.8 Å². The molecule has 1 aliphatic rings. The summed E-state index contributed by atoms with van der Waals surface area (Å²) in [7, 11) is 0. The number of hydrogen-bond acceptors (Lipinski definition) is 5. The first-order valence-corrected chi connectivity index (χ1v) is 9.92. The second-order valence-electron chi connectivity index (χ2n) is 6.72. The van der Waals surface area contributed by atoms with Crippen LogP contribution in [-0.4, -0.2) is 16.9 Å². The van der Waals surface area contributed by atoms with Crippen molar-refractivity contribution in [2.45, 2.75) is 36.6 Å². The third-order valence-electron chi connectivity index (χ3n) is 4.75. The van der Waals surface area contributed by atoms with Gasteiger partial charge in [0.15, 0.2) is 0 Å². The number of nitrogens with zero attached hydrogens (tertiary/aromatic N) is 1. The molecule has 1 fully saturated rings. The van der Waals surface area contributed by atoms with Crippen molar-refractivity contribution in [2.24, 2.45) is 11.7 Å². The summed E-state index contributed by atoms with van der Waals surface area (Å²) in [5.41, 5.74) is 6.55. The summed E-state index contributed by atoms with van der Waals surface area (Å²) >= 11 is 1.37. The smallest absolute Gasteiger partial charge is 0.286 e. The summed E-state index contributed by atoms with van der Waals surface area (Å²) in [6.07, 6.45) is 3.29. The number of nitrogens with one attached hydrogen (secondary N) is 1. The first-order chi connectivity index (χ1) is 13.5. The van der Waals surface area contributed by atoms with Crippen molar-refractivity contribution < 1.29 is 9.72 Å². The van der Waals surface area contributed by atoms with Gasteiger partial charge in [0.05, 0.1) is 4.92 Å². The lowest BCUT2D eigenvalue weighted by atomic mass is 9.86. The first kappa shape index (κ1) is 19.9. The topological polar surface area (TPSA) is 98.3 Å². The van der Waals surface area contributed by atoms with Crippen molar-refractivity contribution >= 4 is 23.5 Å².